The van der Waals surface area contributed by atoms with E-state index in [-0.39, 0.29) is 5.17 Å². The van der Waals surface area contributed by atoms with Crippen molar-refractivity contribution in [3.63, 3.8) is 0 Å². The van der Waals surface area contributed by atoms with Crippen LogP contribution in [0, 0.1) is 0 Å². The second-order valence-electron chi connectivity index (χ2n) is 7.16. The van der Waals surface area contributed by atoms with Gasteiger partial charge in [-0.3, -0.25) is 4.79 Å². The second kappa shape index (κ2) is 11.0. The number of thioether (sulfide) groups is 1. The highest BCUT2D eigenvalue weighted by Gasteiger charge is 2.34. The minimum absolute atomic E-state index is 0.167. The summed E-state index contributed by atoms with van der Waals surface area (Å²) in [5.74, 6) is 0.0189. The molecule has 0 N–H and O–H groups in total. The maximum atomic E-state index is 13.5. The maximum Gasteiger partial charge on any atom is 0.390 e. The van der Waals surface area contributed by atoms with E-state index in [9.17, 15) is 18.0 Å². The molecule has 0 aromatic heterocycles. The minimum Gasteiger partial charge on any atom is -0.497 e. The molecule has 3 aromatic rings. The number of hydrogen-bond donors (Lipinski definition) is 0. The molecule has 172 valence electrons. The van der Waals surface area contributed by atoms with Crippen LogP contribution in [0.5, 0.6) is 5.75 Å². The Balaban J connectivity index is 2.00. The Labute approximate surface area is 195 Å². The number of carbonyl (C=O) groups excluding carboxylic acids is 1. The number of rotatable bonds is 6. The number of amidine groups is 1. The van der Waals surface area contributed by atoms with Crippen molar-refractivity contribution in [3.8, 4) is 5.75 Å². The van der Waals surface area contributed by atoms with Gasteiger partial charge in [0.2, 0.25) is 0 Å². The first kappa shape index (κ1) is 24.4. The van der Waals surface area contributed by atoms with Crippen LogP contribution in [0.1, 0.15) is 27.6 Å². The molecule has 3 aromatic carbocycles. The molecule has 4 nitrogen and oxygen atoms in total. The van der Waals surface area contributed by atoms with Crippen molar-refractivity contribution < 1.29 is 22.7 Å². The molecular formula is C25H23F3N2O2S. The normalized spacial score (nSPS) is 12.8. The molecule has 0 spiro atoms. The monoisotopic (exact) mass is 472 g/mol. The summed E-state index contributed by atoms with van der Waals surface area (Å²) in [6.45, 7) is 0. The maximum absolute atomic E-state index is 13.5. The topological polar surface area (TPSA) is 41.9 Å². The van der Waals surface area contributed by atoms with Crippen LogP contribution >= 0.6 is 11.8 Å². The third-order valence-electron chi connectivity index (χ3n) is 4.80. The summed E-state index contributed by atoms with van der Waals surface area (Å²) >= 11 is 0.903. The molecule has 0 radical (unpaired) electrons. The van der Waals surface area contributed by atoms with E-state index in [1.807, 2.05) is 18.2 Å². The van der Waals surface area contributed by atoms with Crippen LogP contribution < -0.4 is 9.64 Å². The van der Waals surface area contributed by atoms with Gasteiger partial charge in [-0.2, -0.15) is 18.2 Å². The van der Waals surface area contributed by atoms with Gasteiger partial charge in [-0.05, 0) is 42.0 Å². The van der Waals surface area contributed by atoms with Gasteiger partial charge in [-0.1, -0.05) is 60.3 Å². The molecule has 1 amide bonds. The molecule has 8 heteroatoms. The van der Waals surface area contributed by atoms with E-state index in [1.165, 1.54) is 7.11 Å². The number of para-hydroxylation sites is 1. The molecule has 0 aliphatic rings. The minimum atomic E-state index is -4.41. The Morgan fingerprint density at radius 1 is 0.970 bits per heavy atom. The second-order valence-corrected chi connectivity index (χ2v) is 8.33. The molecule has 0 bridgehead atoms. The van der Waals surface area contributed by atoms with Crippen LogP contribution in [-0.2, 0) is 0 Å². The van der Waals surface area contributed by atoms with Crippen LogP contribution in [0.2, 0.25) is 0 Å². The lowest BCUT2D eigenvalue weighted by molar-refractivity contribution is -0.134. The zero-order valence-corrected chi connectivity index (χ0v) is 18.9. The summed E-state index contributed by atoms with van der Waals surface area (Å²) in [5.41, 5.74) is 1.51. The van der Waals surface area contributed by atoms with Gasteiger partial charge >= 0.3 is 6.18 Å². The Morgan fingerprint density at radius 2 is 1.55 bits per heavy atom. The summed E-state index contributed by atoms with van der Waals surface area (Å²) in [5, 5.41) is -0.843. The van der Waals surface area contributed by atoms with E-state index in [1.54, 1.807) is 78.7 Å². The Morgan fingerprint density at radius 3 is 2.09 bits per heavy atom. The molecule has 1 atom stereocenters. The fourth-order valence-electron chi connectivity index (χ4n) is 3.06. The number of amides is 1. The van der Waals surface area contributed by atoms with E-state index >= 15 is 0 Å². The van der Waals surface area contributed by atoms with Gasteiger partial charge in [-0.25, -0.2) is 0 Å². The van der Waals surface area contributed by atoms with Crippen molar-refractivity contribution in [1.82, 2.24) is 0 Å². The number of aliphatic imine (C=N–C) groups is 1. The Bertz CT molecular complexity index is 1070. The molecule has 0 saturated carbocycles. The van der Waals surface area contributed by atoms with Crippen LogP contribution in [0.15, 0.2) is 89.9 Å². The average Bonchev–Trinajstić information content (AvgIpc) is 2.83. The van der Waals surface area contributed by atoms with Crippen molar-refractivity contribution in [2.75, 3.05) is 19.1 Å². The van der Waals surface area contributed by atoms with Crippen LogP contribution in [-0.4, -0.2) is 31.4 Å². The van der Waals surface area contributed by atoms with Gasteiger partial charge in [0.25, 0.3) is 5.91 Å². The van der Waals surface area contributed by atoms with E-state index in [4.69, 9.17) is 4.74 Å². The van der Waals surface area contributed by atoms with Crippen molar-refractivity contribution >= 4 is 28.5 Å². The van der Waals surface area contributed by atoms with Crippen molar-refractivity contribution in [3.05, 3.63) is 96.1 Å². The van der Waals surface area contributed by atoms with E-state index in [2.05, 4.69) is 4.99 Å². The first-order chi connectivity index (χ1) is 15.8. The van der Waals surface area contributed by atoms with Crippen LogP contribution in [0.25, 0.3) is 0 Å². The van der Waals surface area contributed by atoms with Gasteiger partial charge in [-0.15, -0.1) is 0 Å². The third-order valence-corrected chi connectivity index (χ3v) is 6.10. The number of alkyl halides is 3. The predicted octanol–water partition coefficient (Wildman–Crippen LogP) is 6.75. The molecule has 0 aliphatic carbocycles. The summed E-state index contributed by atoms with van der Waals surface area (Å²) in [7, 11) is 3.17. The van der Waals surface area contributed by atoms with Crippen molar-refractivity contribution in [2.45, 2.75) is 17.8 Å². The number of benzene rings is 3. The number of carbonyl (C=O) groups is 1. The summed E-state index contributed by atoms with van der Waals surface area (Å²) in [6.07, 6.45) is -5.48. The predicted molar refractivity (Wildman–Crippen MR) is 127 cm³/mol. The SMILES string of the molecule is COc1ccc(C(CC(F)(F)F)SC(=NC(=O)c2ccccc2)N(C)c2ccccc2)cc1. The molecule has 33 heavy (non-hydrogen) atoms. The Kier molecular flexibility index (Phi) is 8.16. The number of anilines is 1. The third kappa shape index (κ3) is 7.12. The van der Waals surface area contributed by atoms with Gasteiger partial charge in [0.1, 0.15) is 5.75 Å². The summed E-state index contributed by atoms with van der Waals surface area (Å²) in [4.78, 5) is 18.7. The number of ether oxygens (including phenoxy) is 1. The number of halogens is 3. The van der Waals surface area contributed by atoms with Crippen LogP contribution in [0.3, 0.4) is 0 Å². The summed E-state index contributed by atoms with van der Waals surface area (Å²) < 4.78 is 45.6. The van der Waals surface area contributed by atoms with Gasteiger partial charge in [0.15, 0.2) is 5.17 Å². The first-order valence-electron chi connectivity index (χ1n) is 10.1. The highest BCUT2D eigenvalue weighted by atomic mass is 32.2. The highest BCUT2D eigenvalue weighted by molar-refractivity contribution is 8.14. The van der Waals surface area contributed by atoms with E-state index in [0.29, 0.717) is 22.6 Å². The van der Waals surface area contributed by atoms with Gasteiger partial charge in [0, 0.05) is 23.5 Å². The molecule has 3 rings (SSSR count). The van der Waals surface area contributed by atoms with E-state index in [0.717, 1.165) is 11.8 Å². The zero-order chi connectivity index (χ0) is 23.8. The molecule has 0 fully saturated rings. The quantitative estimate of drug-likeness (QED) is 0.294. The zero-order valence-electron chi connectivity index (χ0n) is 18.1. The number of nitrogens with zero attached hydrogens (tertiary/aromatic N) is 2. The lowest BCUT2D eigenvalue weighted by atomic mass is 10.1. The van der Waals surface area contributed by atoms with Gasteiger partial charge in [0.05, 0.1) is 13.5 Å². The Hall–Kier alpha value is -3.26. The molecule has 0 heterocycles. The van der Waals surface area contributed by atoms with E-state index < -0.39 is 23.8 Å². The summed E-state index contributed by atoms with van der Waals surface area (Å²) in [6, 6.07) is 23.9. The molecule has 0 aliphatic heterocycles. The number of hydrogen-bond acceptors (Lipinski definition) is 3. The average molecular weight is 473 g/mol. The van der Waals surface area contributed by atoms with Crippen molar-refractivity contribution in [1.29, 1.82) is 0 Å². The molecular weight excluding hydrogens is 449 g/mol. The van der Waals surface area contributed by atoms with Crippen LogP contribution in [0.4, 0.5) is 18.9 Å². The standard InChI is InChI=1S/C25H23F3N2O2S/c1-30(20-11-7-4-8-12-20)24(29-23(31)19-9-5-3-6-10-19)33-22(17-25(26,27)28)18-13-15-21(32-2)16-14-18/h3-16,22H,17H2,1-2H3. The number of methoxy groups -OCH3 is 1. The molecule has 0 saturated heterocycles. The lowest BCUT2D eigenvalue weighted by Crippen LogP contribution is -2.26. The largest absolute Gasteiger partial charge is 0.497 e. The lowest BCUT2D eigenvalue weighted by Gasteiger charge is -2.25. The van der Waals surface area contributed by atoms with Gasteiger partial charge < -0.3 is 9.64 Å². The van der Waals surface area contributed by atoms with Crippen molar-refractivity contribution in [2.24, 2.45) is 4.99 Å². The fraction of sp³-hybridized carbons (Fsp3) is 0.200. The first-order valence-corrected chi connectivity index (χ1v) is 11.0. The highest BCUT2D eigenvalue weighted by Crippen LogP contribution is 2.41. The smallest absolute Gasteiger partial charge is 0.390 e. The fourth-order valence-corrected chi connectivity index (χ4v) is 4.28. The molecule has 1 unspecified atom stereocenters.